The molecule has 0 heterocycles. The maximum Gasteiger partial charge on any atom is 0.159 e. The van der Waals surface area contributed by atoms with E-state index in [1.165, 1.54) is 6.07 Å². The van der Waals surface area contributed by atoms with Gasteiger partial charge in [0.2, 0.25) is 0 Å². The van der Waals surface area contributed by atoms with Gasteiger partial charge in [0.25, 0.3) is 0 Å². The molecule has 0 aromatic heterocycles. The first-order valence-corrected chi connectivity index (χ1v) is 6.30. The van der Waals surface area contributed by atoms with Crippen molar-refractivity contribution in [3.8, 4) is 0 Å². The monoisotopic (exact) mass is 272 g/mol. The highest BCUT2D eigenvalue weighted by Crippen LogP contribution is 2.12. The zero-order valence-electron chi connectivity index (χ0n) is 10.6. The molecular formula is C13H18F2N2S. The third-order valence-corrected chi connectivity index (χ3v) is 3.26. The van der Waals surface area contributed by atoms with E-state index in [1.54, 1.807) is 6.07 Å². The maximum absolute atomic E-state index is 13.1. The van der Waals surface area contributed by atoms with Gasteiger partial charge in [-0.05, 0) is 24.2 Å². The fourth-order valence-corrected chi connectivity index (χ4v) is 1.75. The molecular weight excluding hydrogens is 254 g/mol. The van der Waals surface area contributed by atoms with Crippen LogP contribution in [0.2, 0.25) is 0 Å². The minimum Gasteiger partial charge on any atom is -0.393 e. The summed E-state index contributed by atoms with van der Waals surface area (Å²) in [6.45, 7) is 6.03. The van der Waals surface area contributed by atoms with Crippen LogP contribution in [0, 0.1) is 17.6 Å². The lowest BCUT2D eigenvalue weighted by molar-refractivity contribution is 0.263. The normalized spacial score (nSPS) is 12.7. The van der Waals surface area contributed by atoms with Crippen LogP contribution in [0.5, 0.6) is 0 Å². The minimum atomic E-state index is -0.821. The van der Waals surface area contributed by atoms with Gasteiger partial charge in [0.05, 0.1) is 4.99 Å². The molecule has 1 aromatic carbocycles. The molecule has 0 aliphatic heterocycles. The lowest BCUT2D eigenvalue weighted by Gasteiger charge is -2.23. The topological polar surface area (TPSA) is 29.3 Å². The van der Waals surface area contributed by atoms with Gasteiger partial charge in [0, 0.05) is 19.0 Å². The van der Waals surface area contributed by atoms with E-state index in [4.69, 9.17) is 18.0 Å². The number of halogens is 2. The van der Waals surface area contributed by atoms with Gasteiger partial charge in [-0.1, -0.05) is 32.1 Å². The van der Waals surface area contributed by atoms with Gasteiger partial charge >= 0.3 is 0 Å². The molecule has 0 amide bonds. The highest BCUT2D eigenvalue weighted by molar-refractivity contribution is 7.80. The average molecular weight is 272 g/mol. The summed E-state index contributed by atoms with van der Waals surface area (Å²) in [6, 6.07) is 3.96. The van der Waals surface area contributed by atoms with Crippen LogP contribution >= 0.6 is 12.2 Å². The molecule has 1 unspecified atom stereocenters. The van der Waals surface area contributed by atoms with E-state index in [0.29, 0.717) is 18.1 Å². The number of hydrogen-bond acceptors (Lipinski definition) is 2. The average Bonchev–Trinajstić information content (AvgIpc) is 2.32. The van der Waals surface area contributed by atoms with Gasteiger partial charge in [-0.25, -0.2) is 8.78 Å². The zero-order chi connectivity index (χ0) is 13.7. The van der Waals surface area contributed by atoms with Crippen molar-refractivity contribution in [3.05, 3.63) is 35.4 Å². The van der Waals surface area contributed by atoms with E-state index >= 15 is 0 Å². The van der Waals surface area contributed by atoms with Crippen LogP contribution in [0.15, 0.2) is 18.2 Å². The molecule has 2 nitrogen and oxygen atoms in total. The molecule has 0 spiro atoms. The van der Waals surface area contributed by atoms with Gasteiger partial charge < -0.3 is 5.73 Å². The summed E-state index contributed by atoms with van der Waals surface area (Å²) in [4.78, 5) is 2.56. The molecule has 1 atom stereocenters. The number of nitrogens with zero attached hydrogens (tertiary/aromatic N) is 1. The first kappa shape index (κ1) is 15.0. The second kappa shape index (κ2) is 6.75. The fourth-order valence-electron chi connectivity index (χ4n) is 1.68. The van der Waals surface area contributed by atoms with Crippen molar-refractivity contribution in [2.75, 3.05) is 13.1 Å². The maximum atomic E-state index is 13.1. The Bertz CT molecular complexity index is 423. The summed E-state index contributed by atoms with van der Waals surface area (Å²) in [6.07, 6.45) is 0. The smallest absolute Gasteiger partial charge is 0.159 e. The predicted octanol–water partition coefficient (Wildman–Crippen LogP) is 2.71. The third-order valence-electron chi connectivity index (χ3n) is 2.86. The first-order valence-electron chi connectivity index (χ1n) is 5.89. The van der Waals surface area contributed by atoms with Crippen LogP contribution in [0.3, 0.4) is 0 Å². The van der Waals surface area contributed by atoms with E-state index < -0.39 is 11.6 Å². The van der Waals surface area contributed by atoms with Crippen molar-refractivity contribution in [1.29, 1.82) is 0 Å². The van der Waals surface area contributed by atoms with E-state index in [-0.39, 0.29) is 5.92 Å². The fraction of sp³-hybridized carbons (Fsp3) is 0.462. The number of benzene rings is 1. The van der Waals surface area contributed by atoms with Crippen LogP contribution < -0.4 is 5.73 Å². The summed E-state index contributed by atoms with van der Waals surface area (Å²) < 4.78 is 25.9. The molecule has 18 heavy (non-hydrogen) atoms. The van der Waals surface area contributed by atoms with Gasteiger partial charge in [-0.3, -0.25) is 4.90 Å². The molecule has 100 valence electrons. The van der Waals surface area contributed by atoms with Crippen LogP contribution in [0.1, 0.15) is 19.4 Å². The molecule has 0 saturated heterocycles. The van der Waals surface area contributed by atoms with Gasteiger partial charge in [-0.2, -0.15) is 0 Å². The summed E-state index contributed by atoms with van der Waals surface area (Å²) in [5, 5.41) is 0. The minimum absolute atomic E-state index is 0.102. The summed E-state index contributed by atoms with van der Waals surface area (Å²) in [5.74, 6) is -1.53. The SMILES string of the molecule is CCN(Cc1ccc(F)c(F)c1)CC(C)C(N)=S. The number of rotatable bonds is 6. The highest BCUT2D eigenvalue weighted by Gasteiger charge is 2.12. The molecule has 0 aliphatic carbocycles. The van der Waals surface area contributed by atoms with Crippen molar-refractivity contribution in [2.24, 2.45) is 11.7 Å². The Labute approximate surface area is 112 Å². The Morgan fingerprint density at radius 1 is 1.39 bits per heavy atom. The first-order chi connectivity index (χ1) is 8.43. The van der Waals surface area contributed by atoms with Crippen molar-refractivity contribution in [3.63, 3.8) is 0 Å². The van der Waals surface area contributed by atoms with E-state index in [1.807, 2.05) is 13.8 Å². The summed E-state index contributed by atoms with van der Waals surface area (Å²) >= 11 is 4.93. The molecule has 0 bridgehead atoms. The van der Waals surface area contributed by atoms with Crippen molar-refractivity contribution < 1.29 is 8.78 Å². The third kappa shape index (κ3) is 4.31. The largest absolute Gasteiger partial charge is 0.393 e. The molecule has 1 aromatic rings. The standard InChI is InChI=1S/C13H18F2N2S/c1-3-17(7-9(2)13(16)18)8-10-4-5-11(14)12(15)6-10/h4-6,9H,3,7-8H2,1-2H3,(H2,16,18). The number of hydrogen-bond donors (Lipinski definition) is 1. The molecule has 2 N–H and O–H groups in total. The molecule has 0 fully saturated rings. The van der Waals surface area contributed by atoms with Crippen LogP contribution in [0.25, 0.3) is 0 Å². The van der Waals surface area contributed by atoms with E-state index in [2.05, 4.69) is 4.90 Å². The van der Waals surface area contributed by atoms with Crippen LogP contribution in [-0.4, -0.2) is 23.0 Å². The zero-order valence-corrected chi connectivity index (χ0v) is 11.4. The Morgan fingerprint density at radius 3 is 2.56 bits per heavy atom. The van der Waals surface area contributed by atoms with Gasteiger partial charge in [0.1, 0.15) is 0 Å². The van der Waals surface area contributed by atoms with Gasteiger partial charge in [-0.15, -0.1) is 0 Å². The van der Waals surface area contributed by atoms with Crippen molar-refractivity contribution in [2.45, 2.75) is 20.4 Å². The summed E-state index contributed by atoms with van der Waals surface area (Å²) in [7, 11) is 0. The molecule has 1 rings (SSSR count). The Morgan fingerprint density at radius 2 is 2.06 bits per heavy atom. The van der Waals surface area contributed by atoms with E-state index in [9.17, 15) is 8.78 Å². The van der Waals surface area contributed by atoms with Crippen molar-refractivity contribution in [1.82, 2.24) is 4.90 Å². The highest BCUT2D eigenvalue weighted by atomic mass is 32.1. The molecule has 0 saturated carbocycles. The molecule has 5 heteroatoms. The van der Waals surface area contributed by atoms with Crippen LogP contribution in [0.4, 0.5) is 8.78 Å². The second-order valence-electron chi connectivity index (χ2n) is 4.38. The number of nitrogens with two attached hydrogens (primary N) is 1. The lowest BCUT2D eigenvalue weighted by Crippen LogP contribution is -2.33. The van der Waals surface area contributed by atoms with Crippen molar-refractivity contribution >= 4 is 17.2 Å². The second-order valence-corrected chi connectivity index (χ2v) is 4.85. The Kier molecular flexibility index (Phi) is 5.62. The predicted molar refractivity (Wildman–Crippen MR) is 73.3 cm³/mol. The Hall–Kier alpha value is -1.07. The van der Waals surface area contributed by atoms with Crippen LogP contribution in [-0.2, 0) is 6.54 Å². The number of thiocarbonyl (C=S) groups is 1. The Balaban J connectivity index is 2.67. The van der Waals surface area contributed by atoms with Gasteiger partial charge in [0.15, 0.2) is 11.6 Å². The summed E-state index contributed by atoms with van der Waals surface area (Å²) in [5.41, 5.74) is 6.31. The molecule has 0 aliphatic rings. The quantitative estimate of drug-likeness (QED) is 0.807. The lowest BCUT2D eigenvalue weighted by atomic mass is 10.1. The van der Waals surface area contributed by atoms with E-state index in [0.717, 1.165) is 18.2 Å². The molecule has 0 radical (unpaired) electrons.